The summed E-state index contributed by atoms with van der Waals surface area (Å²) in [5, 5.41) is 157. The number of ketones is 1. The highest BCUT2D eigenvalue weighted by Crippen LogP contribution is 2.36. The molecule has 10 amide bonds. The quantitative estimate of drug-likeness (QED) is 0.0252. The number of hydrogen-bond acceptors (Lipinski definition) is 34. The molecule has 28 atom stereocenters. The smallest absolute Gasteiger partial charge is 0.364 e. The van der Waals surface area contributed by atoms with E-state index in [1.165, 1.54) is 38.1 Å². The van der Waals surface area contributed by atoms with E-state index in [4.69, 9.17) is 45.6 Å². The van der Waals surface area contributed by atoms with Crippen molar-refractivity contribution in [2.24, 2.45) is 28.1 Å². The van der Waals surface area contributed by atoms with E-state index >= 15 is 4.79 Å². The molecule has 5 aliphatic rings. The lowest BCUT2D eigenvalue weighted by molar-refractivity contribution is -0.355. The largest absolute Gasteiger partial charge is 0.481 e. The second-order valence-electron chi connectivity index (χ2n) is 30.0. The number of aliphatic hydroxyl groups excluding tert-OH is 11. The molecule has 5 heterocycles. The highest BCUT2D eigenvalue weighted by molar-refractivity contribution is 6.00. The summed E-state index contributed by atoms with van der Waals surface area (Å²) in [4.78, 5) is 185. The lowest BCUT2D eigenvalue weighted by Crippen LogP contribution is -2.69. The number of aliphatic carboxylic acids is 2. The number of nitrogens with two attached hydrogens (primary N) is 3. The van der Waals surface area contributed by atoms with Gasteiger partial charge >= 0.3 is 11.9 Å². The molecule has 5 saturated heterocycles. The number of unbranched alkanes of at least 4 members (excludes halogenated alkanes) is 1. The van der Waals surface area contributed by atoms with Gasteiger partial charge in [-0.2, -0.15) is 0 Å². The van der Waals surface area contributed by atoms with E-state index in [0.717, 1.165) is 25.7 Å². The third-order valence-electron chi connectivity index (χ3n) is 20.5. The minimum absolute atomic E-state index is 0.0821. The first-order chi connectivity index (χ1) is 54.9. The SMILES string of the molecule is CC=N/C=C(\C)C[C@H](N)C(=O)NCC(=O)N[C@H](C(=O)N[C@H](C(=O)N[C@@H](CO)C(=O)N[C@@H](C)C(=O)N1CCC[C@H]1C(=O)N[C@@H](CC(=O)O)C(=O)N[C@H](C(=O)N[C@@H](CCCC)C(=O)N1CCC[C@H]1C(C)=O)C(C)O[C@H]1OC(CO[C@]2(C(=O)O)C[C@@H](O)[C@@H](N)C([C@H](O)[C@H](O)CO)O2)[C@H](O)[C@H](O[C@@H]2OC(CO)[C@H](O)C(O)[C@@H]2O)C1N)C(C)O)C(C)C. The van der Waals surface area contributed by atoms with E-state index in [2.05, 4.69) is 47.5 Å². The van der Waals surface area contributed by atoms with Crippen LogP contribution in [0.15, 0.2) is 16.8 Å². The number of carboxylic acids is 2. The number of aliphatic imine (C=N–C) groups is 1. The van der Waals surface area contributed by atoms with Gasteiger partial charge in [-0.05, 0) is 86.0 Å². The van der Waals surface area contributed by atoms with Gasteiger partial charge in [0.2, 0.25) is 59.1 Å². The van der Waals surface area contributed by atoms with Gasteiger partial charge < -0.3 is 164 Å². The van der Waals surface area contributed by atoms with E-state index in [9.17, 15) is 124 Å². The van der Waals surface area contributed by atoms with E-state index in [1.807, 2.05) is 0 Å². The first-order valence-corrected chi connectivity index (χ1v) is 38.5. The molecule has 5 aliphatic heterocycles. The van der Waals surface area contributed by atoms with Crippen molar-refractivity contribution in [3.8, 4) is 0 Å². The van der Waals surface area contributed by atoms with Crippen molar-refractivity contribution in [1.82, 2.24) is 52.3 Å². The summed E-state index contributed by atoms with van der Waals surface area (Å²) in [6, 6.07) is -19.7. The molecular formula is C71H118N14O32. The average Bonchev–Trinajstić information content (AvgIpc) is 1.27. The Bertz CT molecular complexity index is 3470. The highest BCUT2D eigenvalue weighted by atomic mass is 16.8. The Balaban J connectivity index is 1.42. The van der Waals surface area contributed by atoms with Gasteiger partial charge in [-0.25, -0.2) is 4.79 Å². The molecule has 0 saturated carbocycles. The Hall–Kier alpha value is -8.08. The molecule has 27 N–H and O–H groups in total. The number of carbonyl (C=O) groups is 13. The van der Waals surface area contributed by atoms with E-state index in [0.29, 0.717) is 18.4 Å². The Labute approximate surface area is 673 Å². The van der Waals surface area contributed by atoms with Crippen molar-refractivity contribution in [2.45, 2.75) is 297 Å². The number of Topliss-reactive ketones (excluding diaryl/α,β-unsaturated/α-hetero) is 1. The molecule has 46 heteroatoms. The summed E-state index contributed by atoms with van der Waals surface area (Å²) in [5.74, 6) is -18.4. The Morgan fingerprint density at radius 3 is 1.81 bits per heavy atom. The maximum atomic E-state index is 15.2. The van der Waals surface area contributed by atoms with Crippen molar-refractivity contribution < 1.29 is 157 Å². The van der Waals surface area contributed by atoms with Crippen LogP contribution in [0, 0.1) is 5.92 Å². The monoisotopic (exact) mass is 1680 g/mol. The van der Waals surface area contributed by atoms with Gasteiger partial charge in [0, 0.05) is 31.9 Å². The molecule has 5 rings (SSSR count). The fraction of sp³-hybridized carbons (Fsp3) is 0.775. The van der Waals surface area contributed by atoms with Gasteiger partial charge in [0.25, 0.3) is 5.79 Å². The highest BCUT2D eigenvalue weighted by Gasteiger charge is 2.57. The Kier molecular flexibility index (Phi) is 39.0. The summed E-state index contributed by atoms with van der Waals surface area (Å²) in [6.07, 6.45) is -28.1. The van der Waals surface area contributed by atoms with Crippen LogP contribution in [-0.2, 0) is 90.8 Å². The molecule has 0 aromatic rings. The van der Waals surface area contributed by atoms with Crippen molar-refractivity contribution in [3.63, 3.8) is 0 Å². The van der Waals surface area contributed by atoms with Gasteiger partial charge in [0.15, 0.2) is 18.4 Å². The first-order valence-electron chi connectivity index (χ1n) is 38.5. The van der Waals surface area contributed by atoms with Crippen molar-refractivity contribution in [3.05, 3.63) is 11.8 Å². The molecule has 117 heavy (non-hydrogen) atoms. The van der Waals surface area contributed by atoms with Crippen LogP contribution in [0.1, 0.15) is 127 Å². The molecule has 7 unspecified atom stereocenters. The molecule has 0 bridgehead atoms. The predicted molar refractivity (Wildman–Crippen MR) is 399 cm³/mol. The van der Waals surface area contributed by atoms with Gasteiger partial charge in [-0.15, -0.1) is 0 Å². The lowest BCUT2D eigenvalue weighted by atomic mass is 9.89. The summed E-state index contributed by atoms with van der Waals surface area (Å²) in [6.45, 7) is 7.64. The van der Waals surface area contributed by atoms with Gasteiger partial charge in [-0.3, -0.25) is 62.5 Å². The van der Waals surface area contributed by atoms with Crippen LogP contribution in [0.5, 0.6) is 0 Å². The summed E-state index contributed by atoms with van der Waals surface area (Å²) >= 11 is 0. The molecule has 0 spiro atoms. The normalized spacial score (nSPS) is 29.4. The van der Waals surface area contributed by atoms with E-state index in [1.54, 1.807) is 20.8 Å². The second kappa shape index (κ2) is 45.9. The number of aliphatic hydroxyl groups is 11. The lowest BCUT2D eigenvalue weighted by Gasteiger charge is -2.48. The fourth-order valence-electron chi connectivity index (χ4n) is 13.8. The first kappa shape index (κ1) is 99.5. The second-order valence-corrected chi connectivity index (χ2v) is 30.0. The maximum absolute atomic E-state index is 15.2. The number of carbonyl (C=O) groups excluding carboxylic acids is 11. The molecule has 0 radical (unpaired) electrons. The summed E-state index contributed by atoms with van der Waals surface area (Å²) in [5.41, 5.74) is 19.4. The number of ether oxygens (including phenoxy) is 6. The molecule has 0 aliphatic carbocycles. The van der Waals surface area contributed by atoms with Crippen LogP contribution >= 0.6 is 0 Å². The summed E-state index contributed by atoms with van der Waals surface area (Å²) < 4.78 is 35.3. The summed E-state index contributed by atoms with van der Waals surface area (Å²) in [7, 11) is 0. The number of nitrogens with zero attached hydrogens (tertiary/aromatic N) is 3. The minimum atomic E-state index is -3.06. The average molecular weight is 1680 g/mol. The van der Waals surface area contributed by atoms with Crippen molar-refractivity contribution in [1.29, 1.82) is 0 Å². The Morgan fingerprint density at radius 1 is 0.650 bits per heavy atom. The number of nitrogens with one attached hydrogen (secondary N) is 8. The van der Waals surface area contributed by atoms with Crippen LogP contribution in [-0.4, -0.2) is 375 Å². The molecule has 0 aromatic carbocycles. The van der Waals surface area contributed by atoms with Crippen molar-refractivity contribution in [2.75, 3.05) is 46.1 Å². The topological polar surface area (TPSA) is 733 Å². The predicted octanol–water partition coefficient (Wildman–Crippen LogP) is -11.5. The minimum Gasteiger partial charge on any atom is -0.481 e. The number of amides is 10. The molecular weight excluding hydrogens is 1560 g/mol. The number of carboxylic acid groups (broad SMARTS) is 2. The Morgan fingerprint density at radius 2 is 1.24 bits per heavy atom. The molecule has 5 fully saturated rings. The number of rotatable bonds is 43. The van der Waals surface area contributed by atoms with E-state index in [-0.39, 0.29) is 57.4 Å². The molecule has 664 valence electrons. The maximum Gasteiger partial charge on any atom is 0.364 e. The van der Waals surface area contributed by atoms with Crippen LogP contribution < -0.4 is 59.7 Å². The van der Waals surface area contributed by atoms with Crippen LogP contribution in [0.4, 0.5) is 0 Å². The van der Waals surface area contributed by atoms with Crippen LogP contribution in [0.2, 0.25) is 0 Å². The molecule has 46 nitrogen and oxygen atoms in total. The van der Waals surface area contributed by atoms with Gasteiger partial charge in [-0.1, -0.05) is 39.2 Å². The fourth-order valence-corrected chi connectivity index (χ4v) is 13.8. The number of hydrogen-bond donors (Lipinski definition) is 24. The number of likely N-dealkylation sites (tertiary alicyclic amines) is 2. The molecule has 0 aromatic heterocycles. The van der Waals surface area contributed by atoms with Gasteiger partial charge in [0.05, 0.1) is 81.9 Å². The standard InChI is InChI=1S/C71H118N14O32/c1-10-12-15-36(67(109)84-18-13-16-39(84)32(7)89)78-65(107)51(34(9)113-68-48(74)57(116-69-56(100)55(99)53(97)43(27-88)114-69)54(98)44(115-68)28-112-71(70(110)111)22-41(91)47(73)58(117-71)52(96)42(92)26-87)83-60(102)37(21-46(94)95)79-62(104)40-17-14-19-85(40)66(108)31(6)77-61(103)38(25-86)80-64(106)50(33(8)90)82-63(105)49(29(3)4)81-45(93)24-76-59(101)35(72)20-30(5)23-75-11-2/h11,23,29,31,33-44,47-58,68-69,86-88,90-92,96-100H,10,12-22,24-28,72-74H2,1-9H3,(H,76,101)(H,77,103)(H,78,107)(H,79,104)(H,80,106)(H,81,93)(H,82,105)(H,83,102)(H,94,95)(H,110,111)/b30-23+,75-11?/t31-,33?,34?,35-,36-,37-,38-,39-,40-,41+,42+,43?,44?,47+,48?,49-,50-,51-,52+,53-,54-,55?,56-,57+,58?,68-,69-,71+/m0/s1. The zero-order valence-corrected chi connectivity index (χ0v) is 66.5. The van der Waals surface area contributed by atoms with Crippen LogP contribution in [0.25, 0.3) is 0 Å². The zero-order chi connectivity index (χ0) is 87.9. The van der Waals surface area contributed by atoms with Crippen LogP contribution in [0.3, 0.4) is 0 Å². The van der Waals surface area contributed by atoms with Gasteiger partial charge in [0.1, 0.15) is 109 Å². The van der Waals surface area contributed by atoms with E-state index < -0.39 is 293 Å². The third-order valence-corrected chi connectivity index (χ3v) is 20.5. The van der Waals surface area contributed by atoms with Crippen molar-refractivity contribution >= 4 is 83.0 Å². The third kappa shape index (κ3) is 26.7. The zero-order valence-electron chi connectivity index (χ0n) is 66.5.